The third kappa shape index (κ3) is 4.75. The summed E-state index contributed by atoms with van der Waals surface area (Å²) in [5.74, 6) is -1.02. The number of carbonyl (C=O) groups is 2. The standard InChI is InChI=1S/C27H27F3N6O2/c1-16-11-18(12-21-24(16)31-15-34(21)2)26(38)36-10-9-20(19(14-36)17-7-5-4-6-8-17)32-25(37)22-13-23(27(28,29)30)33-35(22)3/h4-8,11-13,15,19-20H,9-10,14H2,1-3H3,(H,32,37)/t19-,20-/m1/s1. The number of hydrogen-bond acceptors (Lipinski definition) is 4. The van der Waals surface area contributed by atoms with Crippen LogP contribution in [-0.4, -0.2) is 55.2 Å². The molecule has 1 saturated heterocycles. The third-order valence-electron chi connectivity index (χ3n) is 7.11. The molecule has 2 aromatic carbocycles. The van der Waals surface area contributed by atoms with Crippen molar-refractivity contribution < 1.29 is 22.8 Å². The van der Waals surface area contributed by atoms with Crippen molar-refractivity contribution in [1.29, 1.82) is 0 Å². The van der Waals surface area contributed by atoms with E-state index in [2.05, 4.69) is 15.4 Å². The highest BCUT2D eigenvalue weighted by Crippen LogP contribution is 2.31. The zero-order chi connectivity index (χ0) is 27.2. The van der Waals surface area contributed by atoms with Gasteiger partial charge in [-0.2, -0.15) is 18.3 Å². The molecule has 11 heteroatoms. The first-order valence-electron chi connectivity index (χ1n) is 12.2. The molecule has 198 valence electrons. The van der Waals surface area contributed by atoms with Crippen LogP contribution in [0.5, 0.6) is 0 Å². The second-order valence-electron chi connectivity index (χ2n) is 9.69. The topological polar surface area (TPSA) is 85.1 Å². The summed E-state index contributed by atoms with van der Waals surface area (Å²) < 4.78 is 42.1. The molecule has 0 aliphatic carbocycles. The summed E-state index contributed by atoms with van der Waals surface area (Å²) in [5, 5.41) is 6.35. The maximum atomic E-state index is 13.6. The zero-order valence-electron chi connectivity index (χ0n) is 21.2. The van der Waals surface area contributed by atoms with Crippen LogP contribution in [0.3, 0.4) is 0 Å². The van der Waals surface area contributed by atoms with Crippen molar-refractivity contribution >= 4 is 22.8 Å². The van der Waals surface area contributed by atoms with Crippen LogP contribution in [0, 0.1) is 6.92 Å². The summed E-state index contributed by atoms with van der Waals surface area (Å²) in [7, 11) is 3.18. The van der Waals surface area contributed by atoms with Gasteiger partial charge in [-0.1, -0.05) is 30.3 Å². The number of rotatable bonds is 4. The van der Waals surface area contributed by atoms with Crippen LogP contribution in [0.4, 0.5) is 13.2 Å². The van der Waals surface area contributed by atoms with E-state index in [9.17, 15) is 22.8 Å². The summed E-state index contributed by atoms with van der Waals surface area (Å²) in [5.41, 5.74) is 2.80. The number of piperidine rings is 1. The Morgan fingerprint density at radius 1 is 1.08 bits per heavy atom. The molecule has 4 aromatic rings. The molecule has 2 amide bonds. The number of nitrogens with one attached hydrogen (secondary N) is 1. The maximum Gasteiger partial charge on any atom is 0.435 e. The van der Waals surface area contributed by atoms with E-state index in [4.69, 9.17) is 0 Å². The molecule has 0 saturated carbocycles. The van der Waals surface area contributed by atoms with Crippen LogP contribution in [0.1, 0.15) is 50.0 Å². The van der Waals surface area contributed by atoms with Crippen molar-refractivity contribution in [2.24, 2.45) is 14.1 Å². The van der Waals surface area contributed by atoms with Crippen LogP contribution < -0.4 is 5.32 Å². The number of fused-ring (bicyclic) bond motifs is 1. The second kappa shape index (κ2) is 9.62. The van der Waals surface area contributed by atoms with Crippen LogP contribution in [0.25, 0.3) is 11.0 Å². The number of amides is 2. The molecular weight excluding hydrogens is 497 g/mol. The van der Waals surface area contributed by atoms with E-state index in [0.29, 0.717) is 25.1 Å². The van der Waals surface area contributed by atoms with Crippen molar-refractivity contribution in [3.63, 3.8) is 0 Å². The molecule has 0 radical (unpaired) electrons. The third-order valence-corrected chi connectivity index (χ3v) is 7.11. The predicted octanol–water partition coefficient (Wildman–Crippen LogP) is 4.06. The fraction of sp³-hybridized carbons (Fsp3) is 0.333. The van der Waals surface area contributed by atoms with Gasteiger partial charge in [-0.3, -0.25) is 14.3 Å². The summed E-state index contributed by atoms with van der Waals surface area (Å²) in [4.78, 5) is 32.8. The Kier molecular flexibility index (Phi) is 6.46. The van der Waals surface area contributed by atoms with Gasteiger partial charge in [0, 0.05) is 50.8 Å². The minimum atomic E-state index is -4.65. The number of aromatic nitrogens is 4. The number of carbonyl (C=O) groups excluding carboxylic acids is 2. The van der Waals surface area contributed by atoms with Crippen molar-refractivity contribution in [3.8, 4) is 0 Å². The Labute approximate surface area is 217 Å². The number of halogens is 3. The van der Waals surface area contributed by atoms with Gasteiger partial charge in [-0.05, 0) is 36.6 Å². The number of hydrogen-bond donors (Lipinski definition) is 1. The highest BCUT2D eigenvalue weighted by Gasteiger charge is 2.37. The number of alkyl halides is 3. The van der Waals surface area contributed by atoms with Crippen molar-refractivity contribution in [3.05, 3.63) is 82.9 Å². The van der Waals surface area contributed by atoms with Crippen LogP contribution in [0.15, 0.2) is 54.9 Å². The van der Waals surface area contributed by atoms with Crippen LogP contribution in [0.2, 0.25) is 0 Å². The Morgan fingerprint density at radius 2 is 1.82 bits per heavy atom. The fourth-order valence-corrected chi connectivity index (χ4v) is 5.12. The minimum absolute atomic E-state index is 0.122. The van der Waals surface area contributed by atoms with E-state index in [1.807, 2.05) is 61.0 Å². The monoisotopic (exact) mass is 524 g/mol. The van der Waals surface area contributed by atoms with Crippen LogP contribution >= 0.6 is 0 Å². The molecule has 2 aromatic heterocycles. The molecule has 1 aliphatic rings. The number of imidazole rings is 1. The van der Waals surface area contributed by atoms with Gasteiger partial charge in [0.15, 0.2) is 5.69 Å². The molecule has 0 spiro atoms. The van der Waals surface area contributed by atoms with Crippen molar-refractivity contribution in [2.45, 2.75) is 31.5 Å². The lowest BCUT2D eigenvalue weighted by Crippen LogP contribution is -2.51. The Hall–Kier alpha value is -4.15. The number of aryl methyl sites for hydroxylation is 3. The SMILES string of the molecule is Cc1cc(C(=O)N2CC[C@@H](NC(=O)c3cc(C(F)(F)F)nn3C)[C@@H](c3ccccc3)C2)cc2c1ncn2C. The maximum absolute atomic E-state index is 13.6. The highest BCUT2D eigenvalue weighted by molar-refractivity contribution is 5.98. The van der Waals surface area contributed by atoms with E-state index < -0.39 is 17.8 Å². The zero-order valence-corrected chi connectivity index (χ0v) is 21.2. The molecule has 1 N–H and O–H groups in total. The molecule has 1 aliphatic heterocycles. The quantitative estimate of drug-likeness (QED) is 0.436. The Bertz CT molecular complexity index is 1510. The molecule has 5 rings (SSSR count). The molecule has 0 bridgehead atoms. The summed E-state index contributed by atoms with van der Waals surface area (Å²) in [6.07, 6.45) is -2.50. The molecule has 0 unspecified atom stereocenters. The van der Waals surface area contributed by atoms with Gasteiger partial charge in [0.1, 0.15) is 5.69 Å². The summed E-state index contributed by atoms with van der Waals surface area (Å²) in [6.45, 7) is 2.65. The van der Waals surface area contributed by atoms with Crippen molar-refractivity contribution in [2.75, 3.05) is 13.1 Å². The fourth-order valence-electron chi connectivity index (χ4n) is 5.12. The van der Waals surface area contributed by atoms with Gasteiger partial charge >= 0.3 is 6.18 Å². The van der Waals surface area contributed by atoms with Gasteiger partial charge < -0.3 is 14.8 Å². The lowest BCUT2D eigenvalue weighted by Gasteiger charge is -2.39. The van der Waals surface area contributed by atoms with Gasteiger partial charge in [0.05, 0.1) is 17.4 Å². The lowest BCUT2D eigenvalue weighted by atomic mass is 9.85. The van der Waals surface area contributed by atoms with Gasteiger partial charge in [-0.25, -0.2) is 4.98 Å². The Morgan fingerprint density at radius 3 is 2.50 bits per heavy atom. The van der Waals surface area contributed by atoms with Crippen molar-refractivity contribution in [1.82, 2.24) is 29.5 Å². The summed E-state index contributed by atoms with van der Waals surface area (Å²) in [6, 6.07) is 13.5. The normalized spacial score (nSPS) is 18.1. The van der Waals surface area contributed by atoms with Crippen LogP contribution in [-0.2, 0) is 20.3 Å². The average Bonchev–Trinajstić information content (AvgIpc) is 3.47. The predicted molar refractivity (Wildman–Crippen MR) is 135 cm³/mol. The largest absolute Gasteiger partial charge is 0.435 e. The highest BCUT2D eigenvalue weighted by atomic mass is 19.4. The van der Waals surface area contributed by atoms with E-state index in [1.165, 1.54) is 7.05 Å². The minimum Gasteiger partial charge on any atom is -0.347 e. The first-order chi connectivity index (χ1) is 18.0. The number of nitrogens with zero attached hydrogens (tertiary/aromatic N) is 5. The number of benzene rings is 2. The lowest BCUT2D eigenvalue weighted by molar-refractivity contribution is -0.141. The molecule has 38 heavy (non-hydrogen) atoms. The summed E-state index contributed by atoms with van der Waals surface area (Å²) >= 11 is 0. The van der Waals surface area contributed by atoms with E-state index >= 15 is 0 Å². The van der Waals surface area contributed by atoms with E-state index in [1.54, 1.807) is 11.2 Å². The second-order valence-corrected chi connectivity index (χ2v) is 9.69. The molecule has 8 nitrogen and oxygen atoms in total. The first kappa shape index (κ1) is 25.5. The van der Waals surface area contributed by atoms with Gasteiger partial charge in [-0.15, -0.1) is 0 Å². The first-order valence-corrected chi connectivity index (χ1v) is 12.2. The Balaban J connectivity index is 1.40. The van der Waals surface area contributed by atoms with E-state index in [-0.39, 0.29) is 23.6 Å². The average molecular weight is 525 g/mol. The smallest absolute Gasteiger partial charge is 0.347 e. The number of likely N-dealkylation sites (tertiary alicyclic amines) is 1. The van der Waals surface area contributed by atoms with E-state index in [0.717, 1.165) is 32.9 Å². The van der Waals surface area contributed by atoms with Gasteiger partial charge in [0.2, 0.25) is 0 Å². The molecule has 3 heterocycles. The van der Waals surface area contributed by atoms with Gasteiger partial charge in [0.25, 0.3) is 11.8 Å². The molecule has 1 fully saturated rings. The molecular formula is C27H27F3N6O2. The molecule has 2 atom stereocenters.